The molecular weight excluding hydrogens is 855 g/mol. The Bertz CT molecular complexity index is 2540. The van der Waals surface area contributed by atoms with E-state index in [4.69, 9.17) is 25.7 Å². The van der Waals surface area contributed by atoms with E-state index in [1.807, 2.05) is 0 Å². The van der Waals surface area contributed by atoms with E-state index in [-0.39, 0.29) is 22.9 Å². The van der Waals surface area contributed by atoms with Crippen molar-refractivity contribution in [1.82, 2.24) is 20.2 Å². The number of primary amides is 2. The first-order chi connectivity index (χ1) is 31.1. The zero-order valence-electron chi connectivity index (χ0n) is 35.2. The van der Waals surface area contributed by atoms with Crippen LogP contribution in [0.25, 0.3) is 22.5 Å². The molecule has 2 aliphatic heterocycles. The number of hydrogen-bond donors (Lipinski definition) is 3. The molecule has 0 bridgehead atoms. The zero-order chi connectivity index (χ0) is 46.6. The molecule has 4 aromatic carbocycles. The maximum absolute atomic E-state index is 13.2. The van der Waals surface area contributed by atoms with Crippen LogP contribution in [-0.2, 0) is 18.9 Å². The quantitative estimate of drug-likeness (QED) is 0.108. The number of carbonyl (C=O) groups is 2. The van der Waals surface area contributed by atoms with Crippen molar-refractivity contribution < 1.29 is 50.1 Å². The number of amides is 2. The minimum atomic E-state index is -4.47. The lowest BCUT2D eigenvalue weighted by molar-refractivity contribution is -0.138. The van der Waals surface area contributed by atoms with Crippen molar-refractivity contribution in [3.8, 4) is 51.3 Å². The van der Waals surface area contributed by atoms with Crippen LogP contribution in [0.4, 0.5) is 26.3 Å². The number of aromatic nitrogens is 2. The van der Waals surface area contributed by atoms with Gasteiger partial charge in [0.25, 0.3) is 11.8 Å². The fraction of sp³-hybridized carbons (Fsp3) is 0.250. The lowest BCUT2D eigenvalue weighted by atomic mass is 10.1. The first-order valence-corrected chi connectivity index (χ1v) is 20.6. The third-order valence-electron chi connectivity index (χ3n) is 10.2. The van der Waals surface area contributed by atoms with Gasteiger partial charge in [-0.1, -0.05) is 12.1 Å². The fourth-order valence-corrected chi connectivity index (χ4v) is 6.82. The zero-order valence-corrected chi connectivity index (χ0v) is 35.2. The molecule has 0 unspecified atom stereocenters. The van der Waals surface area contributed by atoms with Crippen molar-refractivity contribution >= 4 is 11.8 Å². The average molecular weight is 901 g/mol. The van der Waals surface area contributed by atoms with Gasteiger partial charge in [-0.2, -0.15) is 26.3 Å². The van der Waals surface area contributed by atoms with Gasteiger partial charge in [0.05, 0.1) is 29.6 Å². The van der Waals surface area contributed by atoms with Crippen LogP contribution in [0.1, 0.15) is 63.4 Å². The maximum atomic E-state index is 13.2. The number of methoxy groups -OCH3 is 1. The fourth-order valence-electron chi connectivity index (χ4n) is 6.82. The predicted molar refractivity (Wildman–Crippen MR) is 233 cm³/mol. The molecule has 11 nitrogen and oxygen atoms in total. The molecule has 8 rings (SSSR count). The Balaban J connectivity index is 0.000000195. The van der Waals surface area contributed by atoms with Gasteiger partial charge >= 0.3 is 12.4 Å². The number of nitrogens with zero attached hydrogens (tertiary/aromatic N) is 3. The minimum Gasteiger partial charge on any atom is -0.493 e. The molecule has 2 aliphatic rings. The summed E-state index contributed by atoms with van der Waals surface area (Å²) in [7, 11) is 1.27. The Labute approximate surface area is 371 Å². The van der Waals surface area contributed by atoms with Gasteiger partial charge in [-0.25, -0.2) is 9.97 Å². The van der Waals surface area contributed by atoms with Crippen molar-refractivity contribution in [2.24, 2.45) is 11.5 Å². The Morgan fingerprint density at radius 1 is 0.600 bits per heavy atom. The first-order valence-electron chi connectivity index (χ1n) is 20.6. The molecule has 0 radical (unpaired) electrons. The van der Waals surface area contributed by atoms with E-state index in [2.05, 4.69) is 20.2 Å². The number of likely N-dealkylation sites (tertiary alicyclic amines) is 1. The maximum Gasteiger partial charge on any atom is 0.416 e. The number of rotatable bonds is 11. The topological polar surface area (TPSA) is 155 Å². The Morgan fingerprint density at radius 3 is 1.49 bits per heavy atom. The largest absolute Gasteiger partial charge is 0.493 e. The second-order valence-corrected chi connectivity index (χ2v) is 14.9. The smallest absolute Gasteiger partial charge is 0.416 e. The molecule has 0 saturated carbocycles. The van der Waals surface area contributed by atoms with Gasteiger partial charge in [-0.15, -0.1) is 0 Å². The Morgan fingerprint density at radius 2 is 1.06 bits per heavy atom. The first kappa shape index (κ1) is 47.5. The monoisotopic (exact) mass is 900 g/mol. The molecule has 17 heteroatoms. The number of halogens is 6. The summed E-state index contributed by atoms with van der Waals surface area (Å²) in [4.78, 5) is 33.1. The van der Waals surface area contributed by atoms with Crippen LogP contribution >= 0.6 is 0 Å². The summed E-state index contributed by atoms with van der Waals surface area (Å²) in [5.41, 5.74) is 12.4. The second kappa shape index (κ2) is 21.6. The molecule has 340 valence electrons. The molecular formula is C48H46F6N6O5. The van der Waals surface area contributed by atoms with Crippen LogP contribution < -0.4 is 31.0 Å². The van der Waals surface area contributed by atoms with Crippen LogP contribution in [-0.4, -0.2) is 60.0 Å². The number of hydrogen-bond acceptors (Lipinski definition) is 9. The van der Waals surface area contributed by atoms with Gasteiger partial charge in [0.1, 0.15) is 28.6 Å². The van der Waals surface area contributed by atoms with E-state index in [0.29, 0.717) is 40.7 Å². The van der Waals surface area contributed by atoms with Gasteiger partial charge in [-0.3, -0.25) is 14.5 Å². The highest BCUT2D eigenvalue weighted by Gasteiger charge is 2.32. The predicted octanol–water partition coefficient (Wildman–Crippen LogP) is 10.3. The standard InChI is InChI=1S/C24H22F3N3O2.C20H15F3N2O3.C4H9N/c25-24(26,27)18-8-11-22(17(14-18)15-30-12-1-2-13-30)32-19-9-6-16(7-10-19)20-4-3-5-21(29-20)23(28)31;1-27-18-11-13(20(21,22)23)7-10-17(18)28-14-8-5-12(6-9-14)15-3-2-4-16(25-15)19(24)26;1-2-4-5-3-1/h3-11,14H,1-2,12-13,15H2,(H2,28,31);2-11H,1H3,(H2,24,26);5H,1-4H2. The van der Waals surface area contributed by atoms with E-state index < -0.39 is 35.3 Å². The minimum absolute atomic E-state index is 0.0327. The summed E-state index contributed by atoms with van der Waals surface area (Å²) in [6.45, 7) is 4.63. The van der Waals surface area contributed by atoms with Crippen LogP contribution in [0.5, 0.6) is 28.7 Å². The Hall–Kier alpha value is -6.98. The molecule has 2 amide bonds. The number of ether oxygens (including phenoxy) is 3. The lowest BCUT2D eigenvalue weighted by Gasteiger charge is -2.19. The number of alkyl halides is 6. The van der Waals surface area contributed by atoms with Gasteiger partial charge in [-0.05, 0) is 161 Å². The molecule has 0 spiro atoms. The molecule has 6 aromatic rings. The normalized spacial score (nSPS) is 13.8. The molecule has 2 aromatic heterocycles. The van der Waals surface area contributed by atoms with Gasteiger partial charge in [0, 0.05) is 23.2 Å². The number of carbonyl (C=O) groups excluding carboxylic acids is 2. The average Bonchev–Trinajstić information content (AvgIpc) is 4.06. The van der Waals surface area contributed by atoms with Crippen molar-refractivity contribution in [2.75, 3.05) is 33.3 Å². The van der Waals surface area contributed by atoms with E-state index in [9.17, 15) is 35.9 Å². The summed E-state index contributed by atoms with van der Waals surface area (Å²) in [5.74, 6) is 0.157. The summed E-state index contributed by atoms with van der Waals surface area (Å²) >= 11 is 0. The van der Waals surface area contributed by atoms with Crippen molar-refractivity contribution in [1.29, 1.82) is 0 Å². The highest BCUT2D eigenvalue weighted by molar-refractivity contribution is 5.91. The van der Waals surface area contributed by atoms with Crippen LogP contribution in [0, 0.1) is 0 Å². The molecule has 2 fully saturated rings. The molecule has 2 saturated heterocycles. The molecule has 0 aliphatic carbocycles. The highest BCUT2D eigenvalue weighted by Crippen LogP contribution is 2.39. The number of benzene rings is 4. The Kier molecular flexibility index (Phi) is 15.8. The highest BCUT2D eigenvalue weighted by atomic mass is 19.4. The molecule has 5 N–H and O–H groups in total. The van der Waals surface area contributed by atoms with E-state index in [1.165, 1.54) is 63.4 Å². The van der Waals surface area contributed by atoms with Crippen molar-refractivity contribution in [3.05, 3.63) is 149 Å². The van der Waals surface area contributed by atoms with E-state index in [1.54, 1.807) is 72.8 Å². The van der Waals surface area contributed by atoms with Gasteiger partial charge < -0.3 is 31.0 Å². The lowest BCUT2D eigenvalue weighted by Crippen LogP contribution is -2.19. The summed E-state index contributed by atoms with van der Waals surface area (Å²) in [5, 5.41) is 3.22. The SMILES string of the molecule is C1CCNC1.COc1cc(C(F)(F)F)ccc1Oc1ccc(-c2cccc(C(N)=O)n2)cc1.NC(=O)c1cccc(-c2ccc(Oc3ccc(C(F)(F)F)cc3CN3CCCC3)cc2)n1. The van der Waals surface area contributed by atoms with E-state index >= 15 is 0 Å². The van der Waals surface area contributed by atoms with Gasteiger partial charge in [0.2, 0.25) is 0 Å². The number of nitrogens with one attached hydrogen (secondary N) is 1. The summed E-state index contributed by atoms with van der Waals surface area (Å²) < 4.78 is 94.7. The van der Waals surface area contributed by atoms with Crippen LogP contribution in [0.2, 0.25) is 0 Å². The van der Waals surface area contributed by atoms with Crippen LogP contribution in [0.15, 0.2) is 121 Å². The van der Waals surface area contributed by atoms with E-state index in [0.717, 1.165) is 55.3 Å². The third kappa shape index (κ3) is 13.5. The van der Waals surface area contributed by atoms with Crippen LogP contribution in [0.3, 0.4) is 0 Å². The number of nitrogens with two attached hydrogens (primary N) is 2. The summed E-state index contributed by atoms with van der Waals surface area (Å²) in [6.07, 6.45) is -4.02. The van der Waals surface area contributed by atoms with Crippen molar-refractivity contribution in [3.63, 3.8) is 0 Å². The molecule has 65 heavy (non-hydrogen) atoms. The molecule has 4 heterocycles. The second-order valence-electron chi connectivity index (χ2n) is 14.9. The molecule has 0 atom stereocenters. The van der Waals surface area contributed by atoms with Gasteiger partial charge in [0.15, 0.2) is 11.5 Å². The van der Waals surface area contributed by atoms with Crippen molar-refractivity contribution in [2.45, 2.75) is 44.6 Å². The third-order valence-corrected chi connectivity index (χ3v) is 10.2. The summed E-state index contributed by atoms with van der Waals surface area (Å²) in [6, 6.07) is 30.1. The number of pyridine rings is 2.